The normalized spacial score (nSPS) is 11.2. The Bertz CT molecular complexity index is 957. The highest BCUT2D eigenvalue weighted by Crippen LogP contribution is 2.30. The first-order chi connectivity index (χ1) is 13.9. The molecule has 150 valence electrons. The SMILES string of the molecule is CCN(Cc1ccccc1)C(=O)c1cncc(Nc2ccc(C(F)(F)F)cc2)c1. The Morgan fingerprint density at radius 3 is 2.31 bits per heavy atom. The number of anilines is 2. The van der Waals surface area contributed by atoms with Crippen molar-refractivity contribution >= 4 is 17.3 Å². The molecule has 0 fully saturated rings. The number of hydrogen-bond donors (Lipinski definition) is 1. The minimum Gasteiger partial charge on any atom is -0.354 e. The molecule has 1 heterocycles. The van der Waals surface area contributed by atoms with E-state index in [-0.39, 0.29) is 5.91 Å². The van der Waals surface area contributed by atoms with Gasteiger partial charge < -0.3 is 10.2 Å². The van der Waals surface area contributed by atoms with E-state index in [0.29, 0.717) is 30.0 Å². The van der Waals surface area contributed by atoms with E-state index in [2.05, 4.69) is 10.3 Å². The molecular formula is C22H20F3N3O. The second-order valence-electron chi connectivity index (χ2n) is 6.47. The fourth-order valence-corrected chi connectivity index (χ4v) is 2.85. The zero-order valence-electron chi connectivity index (χ0n) is 15.8. The van der Waals surface area contributed by atoms with Gasteiger partial charge in [0.1, 0.15) is 0 Å². The lowest BCUT2D eigenvalue weighted by Gasteiger charge is -2.21. The smallest absolute Gasteiger partial charge is 0.354 e. The highest BCUT2D eigenvalue weighted by molar-refractivity contribution is 5.94. The van der Waals surface area contributed by atoms with Crippen molar-refractivity contribution in [3.05, 3.63) is 89.7 Å². The standard InChI is InChI=1S/C22H20F3N3O/c1-2-28(15-16-6-4-3-5-7-16)21(29)17-12-20(14-26-13-17)27-19-10-8-18(9-11-19)22(23,24)25/h3-14,27H,2,15H2,1H3. The number of carbonyl (C=O) groups is 1. The molecule has 0 bridgehead atoms. The molecule has 2 aromatic carbocycles. The van der Waals surface area contributed by atoms with Crippen molar-refractivity contribution in [1.29, 1.82) is 0 Å². The van der Waals surface area contributed by atoms with Gasteiger partial charge in [-0.3, -0.25) is 9.78 Å². The van der Waals surface area contributed by atoms with Crippen LogP contribution in [0.15, 0.2) is 73.1 Å². The van der Waals surface area contributed by atoms with Crippen molar-refractivity contribution in [1.82, 2.24) is 9.88 Å². The average Bonchev–Trinajstić information content (AvgIpc) is 2.72. The first-order valence-corrected chi connectivity index (χ1v) is 9.09. The Morgan fingerprint density at radius 1 is 1.00 bits per heavy atom. The number of alkyl halides is 3. The summed E-state index contributed by atoms with van der Waals surface area (Å²) in [6.07, 6.45) is -1.38. The molecule has 0 saturated carbocycles. The summed E-state index contributed by atoms with van der Waals surface area (Å²) in [6.45, 7) is 2.91. The van der Waals surface area contributed by atoms with E-state index < -0.39 is 11.7 Å². The molecule has 0 spiro atoms. The Morgan fingerprint density at radius 2 is 1.69 bits per heavy atom. The molecule has 0 aliphatic carbocycles. The minimum atomic E-state index is -4.38. The fourth-order valence-electron chi connectivity index (χ4n) is 2.85. The van der Waals surface area contributed by atoms with E-state index in [0.717, 1.165) is 17.7 Å². The highest BCUT2D eigenvalue weighted by Gasteiger charge is 2.29. The first kappa shape index (κ1) is 20.4. The largest absolute Gasteiger partial charge is 0.416 e. The Kier molecular flexibility index (Phi) is 6.16. The van der Waals surface area contributed by atoms with E-state index in [9.17, 15) is 18.0 Å². The molecule has 0 unspecified atom stereocenters. The molecule has 7 heteroatoms. The molecule has 0 atom stereocenters. The lowest BCUT2D eigenvalue weighted by atomic mass is 10.1. The first-order valence-electron chi connectivity index (χ1n) is 9.09. The second-order valence-corrected chi connectivity index (χ2v) is 6.47. The van der Waals surface area contributed by atoms with Gasteiger partial charge in [-0.05, 0) is 42.8 Å². The molecule has 3 aromatic rings. The molecule has 0 saturated heterocycles. The number of nitrogens with one attached hydrogen (secondary N) is 1. The van der Waals surface area contributed by atoms with Gasteiger partial charge >= 0.3 is 6.18 Å². The van der Waals surface area contributed by atoms with Gasteiger partial charge in [-0.2, -0.15) is 13.2 Å². The van der Waals surface area contributed by atoms with Gasteiger partial charge in [-0.25, -0.2) is 0 Å². The van der Waals surface area contributed by atoms with Crippen molar-refractivity contribution in [3.8, 4) is 0 Å². The zero-order chi connectivity index (χ0) is 20.9. The van der Waals surface area contributed by atoms with E-state index >= 15 is 0 Å². The fraction of sp³-hybridized carbons (Fsp3) is 0.182. The summed E-state index contributed by atoms with van der Waals surface area (Å²) in [4.78, 5) is 18.7. The molecular weight excluding hydrogens is 379 g/mol. The molecule has 0 aliphatic rings. The third-order valence-electron chi connectivity index (χ3n) is 4.37. The summed E-state index contributed by atoms with van der Waals surface area (Å²) in [5.74, 6) is -0.167. The number of rotatable bonds is 6. The topological polar surface area (TPSA) is 45.2 Å². The molecule has 4 nitrogen and oxygen atoms in total. The molecule has 1 amide bonds. The van der Waals surface area contributed by atoms with E-state index in [1.807, 2.05) is 37.3 Å². The number of nitrogens with zero attached hydrogens (tertiary/aromatic N) is 2. The number of amides is 1. The van der Waals surface area contributed by atoms with Crippen LogP contribution >= 0.6 is 0 Å². The van der Waals surface area contributed by atoms with Crippen LogP contribution in [0, 0.1) is 0 Å². The van der Waals surface area contributed by atoms with Crippen molar-refractivity contribution in [2.75, 3.05) is 11.9 Å². The number of aromatic nitrogens is 1. The van der Waals surface area contributed by atoms with Gasteiger partial charge in [-0.15, -0.1) is 0 Å². The number of hydrogen-bond acceptors (Lipinski definition) is 3. The van der Waals surface area contributed by atoms with Crippen LogP contribution in [0.1, 0.15) is 28.4 Å². The molecule has 3 rings (SSSR count). The predicted octanol–water partition coefficient (Wildman–Crippen LogP) is 5.51. The molecule has 29 heavy (non-hydrogen) atoms. The summed E-state index contributed by atoms with van der Waals surface area (Å²) in [5, 5.41) is 2.98. The lowest BCUT2D eigenvalue weighted by Crippen LogP contribution is -2.30. The van der Waals surface area contributed by atoms with Crippen LogP contribution in [0.3, 0.4) is 0 Å². The zero-order valence-corrected chi connectivity index (χ0v) is 15.8. The van der Waals surface area contributed by atoms with Crippen molar-refractivity contribution in [3.63, 3.8) is 0 Å². The number of pyridine rings is 1. The van der Waals surface area contributed by atoms with Crippen molar-refractivity contribution in [2.45, 2.75) is 19.6 Å². The molecule has 1 aromatic heterocycles. The van der Waals surface area contributed by atoms with Gasteiger partial charge in [0.05, 0.1) is 23.0 Å². The van der Waals surface area contributed by atoms with Crippen LogP contribution in [0.25, 0.3) is 0 Å². The molecule has 0 radical (unpaired) electrons. The van der Waals surface area contributed by atoms with E-state index in [4.69, 9.17) is 0 Å². The summed E-state index contributed by atoms with van der Waals surface area (Å²) >= 11 is 0. The minimum absolute atomic E-state index is 0.167. The van der Waals surface area contributed by atoms with Gasteiger partial charge in [0.15, 0.2) is 0 Å². The van der Waals surface area contributed by atoms with E-state index in [1.165, 1.54) is 24.5 Å². The monoisotopic (exact) mass is 399 g/mol. The second kappa shape index (κ2) is 8.77. The van der Waals surface area contributed by atoms with Gasteiger partial charge in [-0.1, -0.05) is 30.3 Å². The molecule has 1 N–H and O–H groups in total. The number of benzene rings is 2. The van der Waals surface area contributed by atoms with Crippen LogP contribution in [0.2, 0.25) is 0 Å². The summed E-state index contributed by atoms with van der Waals surface area (Å²) in [6, 6.07) is 16.0. The predicted molar refractivity (Wildman–Crippen MR) is 106 cm³/mol. The van der Waals surface area contributed by atoms with Crippen molar-refractivity contribution in [2.24, 2.45) is 0 Å². The quantitative estimate of drug-likeness (QED) is 0.595. The van der Waals surface area contributed by atoms with Crippen LogP contribution < -0.4 is 5.32 Å². The number of halogens is 3. The highest BCUT2D eigenvalue weighted by atomic mass is 19.4. The average molecular weight is 399 g/mol. The Labute approximate surface area is 167 Å². The summed E-state index contributed by atoms with van der Waals surface area (Å²) in [5.41, 5.74) is 1.70. The number of carbonyl (C=O) groups excluding carboxylic acids is 1. The van der Waals surface area contributed by atoms with Crippen LogP contribution in [-0.4, -0.2) is 22.3 Å². The Hall–Kier alpha value is -3.35. The summed E-state index contributed by atoms with van der Waals surface area (Å²) in [7, 11) is 0. The van der Waals surface area contributed by atoms with Gasteiger partial charge in [0.25, 0.3) is 5.91 Å². The third kappa shape index (κ3) is 5.34. The van der Waals surface area contributed by atoms with Gasteiger partial charge in [0.2, 0.25) is 0 Å². The summed E-state index contributed by atoms with van der Waals surface area (Å²) < 4.78 is 38.0. The van der Waals surface area contributed by atoms with Gasteiger partial charge in [0, 0.05) is 25.0 Å². The van der Waals surface area contributed by atoms with E-state index in [1.54, 1.807) is 11.0 Å². The maximum Gasteiger partial charge on any atom is 0.416 e. The Balaban J connectivity index is 1.73. The van der Waals surface area contributed by atoms with Crippen LogP contribution in [0.5, 0.6) is 0 Å². The lowest BCUT2D eigenvalue weighted by molar-refractivity contribution is -0.137. The maximum absolute atomic E-state index is 12.9. The van der Waals surface area contributed by atoms with Crippen LogP contribution in [0.4, 0.5) is 24.5 Å². The molecule has 0 aliphatic heterocycles. The third-order valence-corrected chi connectivity index (χ3v) is 4.37. The van der Waals surface area contributed by atoms with Crippen molar-refractivity contribution < 1.29 is 18.0 Å². The maximum atomic E-state index is 12.9. The van der Waals surface area contributed by atoms with Crippen LogP contribution in [-0.2, 0) is 12.7 Å².